The second-order valence-corrected chi connectivity index (χ2v) is 4.55. The minimum Gasteiger partial charge on any atom is -0.407 e. The summed E-state index contributed by atoms with van der Waals surface area (Å²) in [6.07, 6.45) is 0. The number of likely N-dealkylation sites (N-methyl/N-ethyl adjacent to an activating group) is 1. The van der Waals surface area contributed by atoms with Crippen LogP contribution >= 0.6 is 0 Å². The summed E-state index contributed by atoms with van der Waals surface area (Å²) in [4.78, 5) is 13.6. The van der Waals surface area contributed by atoms with E-state index in [1.807, 2.05) is 0 Å². The first-order valence-electron chi connectivity index (χ1n) is 6.84. The number of ether oxygens (including phenoxy) is 2. The van der Waals surface area contributed by atoms with Crippen molar-refractivity contribution in [3.05, 3.63) is 5.89 Å². The van der Waals surface area contributed by atoms with E-state index in [2.05, 4.69) is 20.8 Å². The number of nitrogens with one attached hydrogen (secondary N) is 2. The summed E-state index contributed by atoms with van der Waals surface area (Å²) < 4.78 is 15.9. The lowest BCUT2D eigenvalue weighted by molar-refractivity contribution is -0.124. The lowest BCUT2D eigenvalue weighted by Crippen LogP contribution is -2.53. The van der Waals surface area contributed by atoms with Crippen molar-refractivity contribution in [1.29, 1.82) is 0 Å². The van der Waals surface area contributed by atoms with Crippen molar-refractivity contribution in [1.82, 2.24) is 20.8 Å². The lowest BCUT2D eigenvalue weighted by atomic mass is 10.2. The maximum atomic E-state index is 11.9. The molecule has 0 spiro atoms. The van der Waals surface area contributed by atoms with Crippen LogP contribution in [0.5, 0.6) is 0 Å². The number of amides is 1. The van der Waals surface area contributed by atoms with Gasteiger partial charge in [-0.25, -0.2) is 0 Å². The van der Waals surface area contributed by atoms with E-state index in [1.165, 1.54) is 0 Å². The zero-order chi connectivity index (χ0) is 15.1. The Morgan fingerprint density at radius 1 is 1.52 bits per heavy atom. The van der Waals surface area contributed by atoms with Crippen molar-refractivity contribution in [3.63, 3.8) is 0 Å². The van der Waals surface area contributed by atoms with Crippen LogP contribution in [0.4, 0.5) is 6.01 Å². The summed E-state index contributed by atoms with van der Waals surface area (Å²) in [7, 11) is 3.23. The zero-order valence-corrected chi connectivity index (χ0v) is 12.3. The fourth-order valence-corrected chi connectivity index (χ4v) is 2.02. The normalized spacial score (nSPS) is 18.8. The summed E-state index contributed by atoms with van der Waals surface area (Å²) in [5.74, 6) is 0.343. The third kappa shape index (κ3) is 4.13. The van der Waals surface area contributed by atoms with Gasteiger partial charge in [-0.15, -0.1) is 5.10 Å². The molecule has 1 amide bonds. The number of rotatable bonds is 7. The van der Waals surface area contributed by atoms with Crippen molar-refractivity contribution < 1.29 is 18.7 Å². The first kappa shape index (κ1) is 15.7. The highest BCUT2D eigenvalue weighted by molar-refractivity contribution is 5.84. The largest absolute Gasteiger partial charge is 0.407 e. The number of morpholine rings is 1. The van der Waals surface area contributed by atoms with Crippen LogP contribution in [0.15, 0.2) is 4.42 Å². The van der Waals surface area contributed by atoms with Crippen LogP contribution in [-0.2, 0) is 20.8 Å². The Morgan fingerprint density at radius 3 is 3.14 bits per heavy atom. The van der Waals surface area contributed by atoms with Gasteiger partial charge in [0.25, 0.3) is 0 Å². The lowest BCUT2D eigenvalue weighted by Gasteiger charge is -2.32. The highest BCUT2D eigenvalue weighted by Gasteiger charge is 2.32. The molecule has 0 bridgehead atoms. The maximum absolute atomic E-state index is 11.9. The first-order valence-corrected chi connectivity index (χ1v) is 6.84. The van der Waals surface area contributed by atoms with Crippen LogP contribution in [-0.4, -0.2) is 69.2 Å². The number of nitrogens with zero attached hydrogens (tertiary/aromatic N) is 3. The summed E-state index contributed by atoms with van der Waals surface area (Å²) in [5.41, 5.74) is 0. The summed E-state index contributed by atoms with van der Waals surface area (Å²) in [6, 6.07) is -0.103. The van der Waals surface area contributed by atoms with Crippen molar-refractivity contribution in [2.45, 2.75) is 12.6 Å². The monoisotopic (exact) mass is 299 g/mol. The Morgan fingerprint density at radius 2 is 2.38 bits per heavy atom. The molecular weight excluding hydrogens is 278 g/mol. The van der Waals surface area contributed by atoms with Gasteiger partial charge in [0.05, 0.1) is 26.4 Å². The Kier molecular flexibility index (Phi) is 5.90. The van der Waals surface area contributed by atoms with Gasteiger partial charge in [0.1, 0.15) is 6.04 Å². The van der Waals surface area contributed by atoms with Crippen molar-refractivity contribution >= 4 is 11.9 Å². The van der Waals surface area contributed by atoms with Gasteiger partial charge in [0, 0.05) is 27.2 Å². The molecule has 1 atom stereocenters. The van der Waals surface area contributed by atoms with E-state index in [9.17, 15) is 4.79 Å². The van der Waals surface area contributed by atoms with Crippen molar-refractivity contribution in [2.75, 3.05) is 52.0 Å². The smallest absolute Gasteiger partial charge is 0.319 e. The topological polar surface area (TPSA) is 102 Å². The van der Waals surface area contributed by atoms with Gasteiger partial charge >= 0.3 is 6.01 Å². The molecule has 1 fully saturated rings. The molecule has 1 aliphatic heterocycles. The molecule has 2 heterocycles. The van der Waals surface area contributed by atoms with Gasteiger partial charge in [-0.2, -0.15) is 0 Å². The molecule has 0 radical (unpaired) electrons. The molecule has 9 heteroatoms. The number of anilines is 1. The van der Waals surface area contributed by atoms with E-state index in [0.29, 0.717) is 51.4 Å². The fraction of sp³-hybridized carbons (Fsp3) is 0.750. The standard InChI is InChI=1S/C12H21N5O4/c1-13-11(18)9-8-20-6-4-17(9)12-16-15-10(21-12)7-14-3-5-19-2/h9,14H,3-8H2,1-2H3,(H,13,18). The Labute approximate surface area is 123 Å². The molecule has 1 aromatic heterocycles. The molecule has 1 saturated heterocycles. The van der Waals surface area contributed by atoms with Crippen LogP contribution in [0.25, 0.3) is 0 Å². The van der Waals surface area contributed by atoms with Gasteiger partial charge in [0.2, 0.25) is 11.8 Å². The third-order valence-corrected chi connectivity index (χ3v) is 3.14. The van der Waals surface area contributed by atoms with E-state index in [4.69, 9.17) is 13.9 Å². The SMILES string of the molecule is CNC(=O)C1COCCN1c1nnc(CNCCOC)o1. The van der Waals surface area contributed by atoms with Crippen LogP contribution in [0, 0.1) is 0 Å². The first-order chi connectivity index (χ1) is 10.3. The predicted molar refractivity (Wildman–Crippen MR) is 73.9 cm³/mol. The van der Waals surface area contributed by atoms with Gasteiger partial charge in [-0.05, 0) is 0 Å². The number of carbonyl (C=O) groups excluding carboxylic acids is 1. The van der Waals surface area contributed by atoms with Crippen molar-refractivity contribution in [2.24, 2.45) is 0 Å². The second kappa shape index (κ2) is 7.91. The predicted octanol–water partition coefficient (Wildman–Crippen LogP) is -1.24. The van der Waals surface area contributed by atoms with Crippen LogP contribution in [0.3, 0.4) is 0 Å². The fourth-order valence-electron chi connectivity index (χ4n) is 2.02. The minimum atomic E-state index is -0.446. The Bertz CT molecular complexity index is 453. The molecule has 0 saturated carbocycles. The molecule has 1 aromatic rings. The van der Waals surface area contributed by atoms with E-state index < -0.39 is 6.04 Å². The molecule has 0 aromatic carbocycles. The third-order valence-electron chi connectivity index (χ3n) is 3.14. The van der Waals surface area contributed by atoms with E-state index in [1.54, 1.807) is 19.1 Å². The van der Waals surface area contributed by atoms with Gasteiger partial charge in [-0.1, -0.05) is 5.10 Å². The molecule has 21 heavy (non-hydrogen) atoms. The van der Waals surface area contributed by atoms with Gasteiger partial charge in [0.15, 0.2) is 0 Å². The molecule has 118 valence electrons. The molecule has 2 rings (SSSR count). The molecule has 1 unspecified atom stereocenters. The molecule has 1 aliphatic rings. The second-order valence-electron chi connectivity index (χ2n) is 4.55. The number of hydrogen-bond donors (Lipinski definition) is 2. The van der Waals surface area contributed by atoms with E-state index in [-0.39, 0.29) is 5.91 Å². The summed E-state index contributed by atoms with van der Waals surface area (Å²) >= 11 is 0. The number of aromatic nitrogens is 2. The highest BCUT2D eigenvalue weighted by atomic mass is 16.5. The van der Waals surface area contributed by atoms with Crippen LogP contribution in [0.1, 0.15) is 5.89 Å². The molecule has 0 aliphatic carbocycles. The average molecular weight is 299 g/mol. The number of carbonyl (C=O) groups is 1. The molecule has 2 N–H and O–H groups in total. The quantitative estimate of drug-likeness (QED) is 0.603. The molecule has 9 nitrogen and oxygen atoms in total. The van der Waals surface area contributed by atoms with Crippen molar-refractivity contribution in [3.8, 4) is 0 Å². The summed E-state index contributed by atoms with van der Waals surface area (Å²) in [5, 5.41) is 13.7. The minimum absolute atomic E-state index is 0.132. The molecular formula is C12H21N5O4. The van der Waals surface area contributed by atoms with Crippen LogP contribution in [0.2, 0.25) is 0 Å². The van der Waals surface area contributed by atoms with Crippen LogP contribution < -0.4 is 15.5 Å². The average Bonchev–Trinajstić information content (AvgIpc) is 2.99. The zero-order valence-electron chi connectivity index (χ0n) is 12.3. The maximum Gasteiger partial charge on any atom is 0.319 e. The van der Waals surface area contributed by atoms with E-state index in [0.717, 1.165) is 0 Å². The van der Waals surface area contributed by atoms with Gasteiger partial charge < -0.3 is 29.4 Å². The number of methoxy groups -OCH3 is 1. The summed E-state index contributed by atoms with van der Waals surface area (Å²) in [6.45, 7) is 3.15. The van der Waals surface area contributed by atoms with Gasteiger partial charge in [-0.3, -0.25) is 4.79 Å². The number of hydrogen-bond acceptors (Lipinski definition) is 8. The highest BCUT2D eigenvalue weighted by Crippen LogP contribution is 2.18. The van der Waals surface area contributed by atoms with E-state index >= 15 is 0 Å². The Hall–Kier alpha value is -1.71. The Balaban J connectivity index is 1.96.